The number of nitrogens with one attached hydrogen (secondary N) is 1. The number of rotatable bonds is 55. The average Bonchev–Trinajstić information content (AvgIpc) is 3.40. The second-order valence-corrected chi connectivity index (χ2v) is 22.3. The van der Waals surface area contributed by atoms with Gasteiger partial charge in [0.25, 0.3) is 0 Å². The number of aliphatic hydroxyl groups excluding tert-OH is 6. The highest BCUT2D eigenvalue weighted by atomic mass is 16.7. The molecule has 7 N–H and O–H groups in total. The largest absolute Gasteiger partial charge is 0.394 e. The molecule has 0 spiro atoms. The van der Waals surface area contributed by atoms with Crippen molar-refractivity contribution in [2.45, 2.75) is 352 Å². The van der Waals surface area contributed by atoms with Crippen LogP contribution in [-0.2, 0) is 14.3 Å². The fraction of sp³-hybridized carbons (Fsp3) is 0.891. The van der Waals surface area contributed by atoms with Crippen molar-refractivity contribution in [3.63, 3.8) is 0 Å². The molecule has 1 saturated heterocycles. The lowest BCUT2D eigenvalue weighted by Crippen LogP contribution is -2.60. The topological polar surface area (TPSA) is 169 Å². The predicted octanol–water partition coefficient (Wildman–Crippen LogP) is 15.3. The third kappa shape index (κ3) is 41.5. The van der Waals surface area contributed by atoms with Gasteiger partial charge in [-0.25, -0.2) is 0 Å². The minimum atomic E-state index is -1.61. The number of unbranched alkanes of at least 4 members (excludes halogenated alkanes) is 40. The van der Waals surface area contributed by atoms with E-state index in [4.69, 9.17) is 9.47 Å². The van der Waals surface area contributed by atoms with Crippen molar-refractivity contribution in [1.82, 2.24) is 5.32 Å². The molecule has 0 aromatic heterocycles. The van der Waals surface area contributed by atoms with Crippen LogP contribution in [-0.4, -0.2) is 98.7 Å². The molecule has 10 heteroatoms. The molecule has 0 aromatic rings. The van der Waals surface area contributed by atoms with Crippen molar-refractivity contribution in [3.05, 3.63) is 36.5 Å². The normalized spacial score (nSPS) is 19.6. The van der Waals surface area contributed by atoms with E-state index in [0.29, 0.717) is 6.42 Å². The Morgan fingerprint density at radius 1 is 0.473 bits per heavy atom. The molecule has 74 heavy (non-hydrogen) atoms. The Balaban J connectivity index is 2.10. The highest BCUT2D eigenvalue weighted by Gasteiger charge is 2.44. The molecule has 1 aliphatic heterocycles. The van der Waals surface area contributed by atoms with Crippen LogP contribution in [0.15, 0.2) is 36.5 Å². The van der Waals surface area contributed by atoms with Gasteiger partial charge in [-0.1, -0.05) is 288 Å². The molecule has 8 atom stereocenters. The van der Waals surface area contributed by atoms with E-state index in [1.165, 1.54) is 231 Å². The maximum absolute atomic E-state index is 13.1. The first-order valence-electron chi connectivity index (χ1n) is 31.8. The molecule has 1 rings (SSSR count). The zero-order chi connectivity index (χ0) is 53.8. The minimum Gasteiger partial charge on any atom is -0.394 e. The van der Waals surface area contributed by atoms with Crippen LogP contribution in [0.5, 0.6) is 0 Å². The quantitative estimate of drug-likeness (QED) is 0.0232. The molecule has 1 amide bonds. The minimum absolute atomic E-state index is 0.304. The molecular weight excluding hydrogens is 927 g/mol. The number of ether oxygens (including phenoxy) is 2. The molecule has 436 valence electrons. The van der Waals surface area contributed by atoms with E-state index >= 15 is 0 Å². The van der Waals surface area contributed by atoms with Crippen LogP contribution < -0.4 is 5.32 Å². The van der Waals surface area contributed by atoms with Crippen molar-refractivity contribution >= 4 is 5.91 Å². The standard InChI is InChI=1S/C64H121NO9/c1-3-5-7-9-11-13-15-17-18-19-20-21-22-23-24-25-26-27-28-29-30-31-32-33-34-35-36-37-38-39-41-43-45-47-49-51-53-58(68)63(72)65-56(55-73-64-62(71)61(70)60(69)59(54-66)74-64)57(67)52-50-48-46-44-42-40-16-14-12-10-8-6-4-2/h24-25,27-28,50,52,56-62,64,66-71H,3-23,26,29-49,51,53-55H2,1-2H3,(H,65,72)/b25-24-,28-27-,52-50+. The van der Waals surface area contributed by atoms with Crippen LogP contribution in [0.2, 0.25) is 0 Å². The third-order valence-corrected chi connectivity index (χ3v) is 15.3. The predicted molar refractivity (Wildman–Crippen MR) is 310 cm³/mol. The number of hydrogen-bond acceptors (Lipinski definition) is 9. The van der Waals surface area contributed by atoms with Gasteiger partial charge in [0.2, 0.25) is 5.91 Å². The smallest absolute Gasteiger partial charge is 0.249 e. The second-order valence-electron chi connectivity index (χ2n) is 22.3. The number of allylic oxidation sites excluding steroid dienone is 5. The lowest BCUT2D eigenvalue weighted by atomic mass is 9.99. The van der Waals surface area contributed by atoms with Gasteiger partial charge in [0.1, 0.15) is 30.5 Å². The molecule has 8 unspecified atom stereocenters. The summed E-state index contributed by atoms with van der Waals surface area (Å²) in [4.78, 5) is 13.1. The van der Waals surface area contributed by atoms with E-state index in [1.54, 1.807) is 6.08 Å². The summed E-state index contributed by atoms with van der Waals surface area (Å²) in [6.45, 7) is 3.63. The first-order valence-corrected chi connectivity index (χ1v) is 31.8. The molecule has 10 nitrogen and oxygen atoms in total. The molecule has 1 fully saturated rings. The van der Waals surface area contributed by atoms with Gasteiger partial charge in [-0.3, -0.25) is 4.79 Å². The Morgan fingerprint density at radius 3 is 1.20 bits per heavy atom. The molecule has 0 saturated carbocycles. The van der Waals surface area contributed by atoms with E-state index in [-0.39, 0.29) is 6.61 Å². The second kappa shape index (κ2) is 53.4. The average molecular weight is 1050 g/mol. The van der Waals surface area contributed by atoms with E-state index in [1.807, 2.05) is 6.08 Å². The summed E-state index contributed by atoms with van der Waals surface area (Å²) in [5, 5.41) is 65.0. The fourth-order valence-electron chi connectivity index (χ4n) is 10.2. The van der Waals surface area contributed by atoms with Crippen LogP contribution in [0.25, 0.3) is 0 Å². The van der Waals surface area contributed by atoms with E-state index < -0.39 is 61.5 Å². The summed E-state index contributed by atoms with van der Waals surface area (Å²) in [5.41, 5.74) is 0. The van der Waals surface area contributed by atoms with E-state index in [0.717, 1.165) is 51.4 Å². The first kappa shape index (κ1) is 70.4. The Labute approximate surface area is 455 Å². The van der Waals surface area contributed by atoms with Gasteiger partial charge in [0.15, 0.2) is 6.29 Å². The molecule has 0 aliphatic carbocycles. The van der Waals surface area contributed by atoms with Gasteiger partial charge in [-0.15, -0.1) is 0 Å². The fourth-order valence-corrected chi connectivity index (χ4v) is 10.2. The van der Waals surface area contributed by atoms with Gasteiger partial charge in [-0.2, -0.15) is 0 Å². The molecule has 0 bridgehead atoms. The van der Waals surface area contributed by atoms with Crippen molar-refractivity contribution in [2.24, 2.45) is 0 Å². The van der Waals surface area contributed by atoms with Crippen LogP contribution in [0.3, 0.4) is 0 Å². The molecule has 1 aliphatic rings. The number of hydrogen-bond donors (Lipinski definition) is 7. The molecular formula is C64H121NO9. The van der Waals surface area contributed by atoms with E-state index in [2.05, 4.69) is 43.5 Å². The van der Waals surface area contributed by atoms with Gasteiger partial charge in [0.05, 0.1) is 25.4 Å². The van der Waals surface area contributed by atoms with Crippen LogP contribution >= 0.6 is 0 Å². The summed E-state index contributed by atoms with van der Waals surface area (Å²) in [5.74, 6) is -0.614. The number of carbonyl (C=O) groups is 1. The van der Waals surface area contributed by atoms with Crippen molar-refractivity contribution in [3.8, 4) is 0 Å². The van der Waals surface area contributed by atoms with Gasteiger partial charge < -0.3 is 45.4 Å². The maximum atomic E-state index is 13.1. The van der Waals surface area contributed by atoms with Crippen molar-refractivity contribution in [2.75, 3.05) is 13.2 Å². The maximum Gasteiger partial charge on any atom is 0.249 e. The summed E-state index contributed by atoms with van der Waals surface area (Å²) in [7, 11) is 0. The summed E-state index contributed by atoms with van der Waals surface area (Å²) < 4.78 is 11.2. The zero-order valence-electron chi connectivity index (χ0n) is 48.2. The molecule has 1 heterocycles. The Hall–Kier alpha value is -1.63. The monoisotopic (exact) mass is 1050 g/mol. The van der Waals surface area contributed by atoms with Crippen LogP contribution in [0.1, 0.15) is 303 Å². The SMILES string of the molecule is CCCCCCCCCCCCC/C=C/C(O)C(COC1OC(CO)C(O)C(O)C1O)NC(=O)C(O)CCCCCCCCCCCCCCCCCC/C=C\C/C=C\CCCCCCCCCCCCCCC. The van der Waals surface area contributed by atoms with Gasteiger partial charge in [0, 0.05) is 0 Å². The summed E-state index contributed by atoms with van der Waals surface area (Å²) >= 11 is 0. The molecule has 0 aromatic carbocycles. The van der Waals surface area contributed by atoms with Crippen molar-refractivity contribution < 1.29 is 44.9 Å². The number of amides is 1. The summed E-state index contributed by atoms with van der Waals surface area (Å²) in [6.07, 6.45) is 60.0. The Morgan fingerprint density at radius 2 is 0.824 bits per heavy atom. The Kier molecular flexibility index (Phi) is 50.8. The first-order chi connectivity index (χ1) is 36.3. The van der Waals surface area contributed by atoms with Crippen molar-refractivity contribution in [1.29, 1.82) is 0 Å². The number of carbonyl (C=O) groups excluding carboxylic acids is 1. The Bertz CT molecular complexity index is 1280. The summed E-state index contributed by atoms with van der Waals surface area (Å²) in [6, 6.07) is -0.979. The zero-order valence-corrected chi connectivity index (χ0v) is 48.2. The van der Waals surface area contributed by atoms with Crippen LogP contribution in [0.4, 0.5) is 0 Å². The van der Waals surface area contributed by atoms with E-state index in [9.17, 15) is 35.4 Å². The lowest BCUT2D eigenvalue weighted by molar-refractivity contribution is -0.302. The number of aliphatic hydroxyl groups is 6. The van der Waals surface area contributed by atoms with Crippen LogP contribution in [0, 0.1) is 0 Å². The van der Waals surface area contributed by atoms with Gasteiger partial charge in [-0.05, 0) is 51.4 Å². The van der Waals surface area contributed by atoms with Gasteiger partial charge >= 0.3 is 0 Å². The lowest BCUT2D eigenvalue weighted by Gasteiger charge is -2.40. The highest BCUT2D eigenvalue weighted by Crippen LogP contribution is 2.23. The highest BCUT2D eigenvalue weighted by molar-refractivity contribution is 5.80. The third-order valence-electron chi connectivity index (χ3n) is 15.3. The molecule has 0 radical (unpaired) electrons.